The van der Waals surface area contributed by atoms with Gasteiger partial charge in [-0.1, -0.05) is 0 Å². The Bertz CT molecular complexity index is 585. The minimum atomic E-state index is -1.06. The summed E-state index contributed by atoms with van der Waals surface area (Å²) in [5, 5.41) is 2.90. The molecule has 2 amide bonds. The highest BCUT2D eigenvalue weighted by molar-refractivity contribution is 6.09. The van der Waals surface area contributed by atoms with E-state index in [-0.39, 0.29) is 11.8 Å². The smallest absolute Gasteiger partial charge is 0.239 e. The molecule has 0 spiro atoms. The summed E-state index contributed by atoms with van der Waals surface area (Å²) >= 11 is 0. The van der Waals surface area contributed by atoms with Crippen molar-refractivity contribution >= 4 is 23.2 Å². The van der Waals surface area contributed by atoms with E-state index in [9.17, 15) is 9.59 Å². The van der Waals surface area contributed by atoms with Crippen molar-refractivity contribution in [1.29, 1.82) is 0 Å². The Morgan fingerprint density at radius 3 is 2.12 bits per heavy atom. The summed E-state index contributed by atoms with van der Waals surface area (Å²) in [4.78, 5) is 29.5. The van der Waals surface area contributed by atoms with Crippen LogP contribution in [0.25, 0.3) is 0 Å². The number of carbonyl (C=O) groups is 2. The summed E-state index contributed by atoms with van der Waals surface area (Å²) in [5.74, 6) is -0.330. The van der Waals surface area contributed by atoms with Crippen molar-refractivity contribution in [3.8, 4) is 0 Å². The van der Waals surface area contributed by atoms with E-state index >= 15 is 0 Å². The number of hydrogen-bond donors (Lipinski definition) is 1. The standard InChI is InChI=1S/C20H31N3O2/c1-5-22(6-2)17-12-10-16(11-13-17)21-18(24)20(3,4)19(25)23-14-8-7-9-15-23/h10-13H,5-9,14-15H2,1-4H3,(H,21,24). The van der Waals surface area contributed by atoms with E-state index in [2.05, 4.69) is 24.1 Å². The van der Waals surface area contributed by atoms with Crippen LogP contribution < -0.4 is 10.2 Å². The molecule has 25 heavy (non-hydrogen) atoms. The molecule has 1 N–H and O–H groups in total. The average Bonchev–Trinajstić information content (AvgIpc) is 2.64. The molecule has 138 valence electrons. The molecular weight excluding hydrogens is 314 g/mol. The van der Waals surface area contributed by atoms with E-state index in [1.165, 1.54) is 0 Å². The van der Waals surface area contributed by atoms with Gasteiger partial charge in [-0.05, 0) is 71.2 Å². The van der Waals surface area contributed by atoms with Gasteiger partial charge in [-0.3, -0.25) is 9.59 Å². The highest BCUT2D eigenvalue weighted by Gasteiger charge is 2.39. The Labute approximate surface area is 151 Å². The van der Waals surface area contributed by atoms with Crippen LogP contribution in [0.2, 0.25) is 0 Å². The second-order valence-electron chi connectivity index (χ2n) is 7.15. The summed E-state index contributed by atoms with van der Waals surface area (Å²) in [5.41, 5.74) is 0.793. The van der Waals surface area contributed by atoms with Crippen LogP contribution in [-0.2, 0) is 9.59 Å². The van der Waals surface area contributed by atoms with Gasteiger partial charge in [0.2, 0.25) is 11.8 Å². The maximum absolute atomic E-state index is 12.7. The maximum atomic E-state index is 12.7. The minimum Gasteiger partial charge on any atom is -0.372 e. The van der Waals surface area contributed by atoms with E-state index in [1.54, 1.807) is 13.8 Å². The van der Waals surface area contributed by atoms with Gasteiger partial charge < -0.3 is 15.1 Å². The number of anilines is 2. The second-order valence-corrected chi connectivity index (χ2v) is 7.15. The zero-order valence-electron chi connectivity index (χ0n) is 16.0. The lowest BCUT2D eigenvalue weighted by molar-refractivity contribution is -0.147. The van der Waals surface area contributed by atoms with Crippen LogP contribution in [0.3, 0.4) is 0 Å². The first-order valence-corrected chi connectivity index (χ1v) is 9.36. The molecule has 0 radical (unpaired) electrons. The molecule has 1 aliphatic rings. The first-order chi connectivity index (χ1) is 11.9. The Hall–Kier alpha value is -2.04. The van der Waals surface area contributed by atoms with Gasteiger partial charge in [0.25, 0.3) is 0 Å². The van der Waals surface area contributed by atoms with E-state index in [0.29, 0.717) is 0 Å². The fraction of sp³-hybridized carbons (Fsp3) is 0.600. The molecule has 0 saturated carbocycles. The van der Waals surface area contributed by atoms with Crippen LogP contribution in [-0.4, -0.2) is 42.9 Å². The molecule has 1 fully saturated rings. The van der Waals surface area contributed by atoms with Gasteiger partial charge in [0.15, 0.2) is 0 Å². The molecule has 1 aromatic carbocycles. The lowest BCUT2D eigenvalue weighted by Gasteiger charge is -2.33. The zero-order chi connectivity index (χ0) is 18.4. The second kappa shape index (κ2) is 8.37. The predicted octanol–water partition coefficient (Wildman–Crippen LogP) is 3.51. The highest BCUT2D eigenvalue weighted by atomic mass is 16.2. The van der Waals surface area contributed by atoms with Crippen molar-refractivity contribution in [3.63, 3.8) is 0 Å². The van der Waals surface area contributed by atoms with Crippen LogP contribution in [0.4, 0.5) is 11.4 Å². The van der Waals surface area contributed by atoms with Gasteiger partial charge in [-0.25, -0.2) is 0 Å². The molecule has 1 aromatic rings. The zero-order valence-corrected chi connectivity index (χ0v) is 16.0. The molecule has 0 atom stereocenters. The minimum absolute atomic E-state index is 0.0792. The first kappa shape index (κ1) is 19.3. The maximum Gasteiger partial charge on any atom is 0.239 e. The molecule has 0 bridgehead atoms. The third-order valence-electron chi connectivity index (χ3n) is 5.00. The van der Waals surface area contributed by atoms with Crippen molar-refractivity contribution in [1.82, 2.24) is 4.90 Å². The third kappa shape index (κ3) is 4.53. The van der Waals surface area contributed by atoms with Crippen LogP contribution in [0.5, 0.6) is 0 Å². The fourth-order valence-electron chi connectivity index (χ4n) is 3.22. The number of hydrogen-bond acceptors (Lipinski definition) is 3. The Morgan fingerprint density at radius 1 is 1.04 bits per heavy atom. The average molecular weight is 345 g/mol. The highest BCUT2D eigenvalue weighted by Crippen LogP contribution is 2.25. The molecule has 1 heterocycles. The molecule has 1 saturated heterocycles. The summed E-state index contributed by atoms with van der Waals surface area (Å²) in [6, 6.07) is 7.80. The number of rotatable bonds is 6. The monoisotopic (exact) mass is 345 g/mol. The molecule has 5 heteroatoms. The van der Waals surface area contributed by atoms with E-state index in [1.807, 2.05) is 29.2 Å². The van der Waals surface area contributed by atoms with E-state index in [0.717, 1.165) is 56.8 Å². The van der Waals surface area contributed by atoms with Gasteiger partial charge in [0.1, 0.15) is 5.41 Å². The normalized spacial score (nSPS) is 15.0. The Kier molecular flexibility index (Phi) is 6.45. The van der Waals surface area contributed by atoms with Crippen LogP contribution in [0, 0.1) is 5.41 Å². The molecule has 0 aromatic heterocycles. The predicted molar refractivity (Wildman–Crippen MR) is 103 cm³/mol. The first-order valence-electron chi connectivity index (χ1n) is 9.36. The van der Waals surface area contributed by atoms with Crippen molar-refractivity contribution in [2.45, 2.75) is 47.0 Å². The van der Waals surface area contributed by atoms with E-state index in [4.69, 9.17) is 0 Å². The molecule has 1 aliphatic heterocycles. The van der Waals surface area contributed by atoms with Crippen LogP contribution >= 0.6 is 0 Å². The van der Waals surface area contributed by atoms with Gasteiger partial charge >= 0.3 is 0 Å². The summed E-state index contributed by atoms with van der Waals surface area (Å²) in [6.45, 7) is 11.1. The van der Waals surface area contributed by atoms with Gasteiger partial charge in [0.05, 0.1) is 0 Å². The Morgan fingerprint density at radius 2 is 1.60 bits per heavy atom. The fourth-order valence-corrected chi connectivity index (χ4v) is 3.22. The van der Waals surface area contributed by atoms with Crippen molar-refractivity contribution in [2.24, 2.45) is 5.41 Å². The van der Waals surface area contributed by atoms with Gasteiger partial charge in [-0.2, -0.15) is 0 Å². The summed E-state index contributed by atoms with van der Waals surface area (Å²) in [7, 11) is 0. The quantitative estimate of drug-likeness (QED) is 0.803. The molecule has 0 aliphatic carbocycles. The number of nitrogens with zero attached hydrogens (tertiary/aromatic N) is 2. The van der Waals surface area contributed by atoms with Gasteiger partial charge in [0, 0.05) is 37.6 Å². The molecule has 2 rings (SSSR count). The SMILES string of the molecule is CCN(CC)c1ccc(NC(=O)C(C)(C)C(=O)N2CCCCC2)cc1. The van der Waals surface area contributed by atoms with Crippen molar-refractivity contribution in [2.75, 3.05) is 36.4 Å². The van der Waals surface area contributed by atoms with Crippen LogP contribution in [0.15, 0.2) is 24.3 Å². The Balaban J connectivity index is 2.03. The summed E-state index contributed by atoms with van der Waals surface area (Å²) < 4.78 is 0. The third-order valence-corrected chi connectivity index (χ3v) is 5.00. The molecule has 0 unspecified atom stereocenters. The molecular formula is C20H31N3O2. The van der Waals surface area contributed by atoms with Crippen LogP contribution in [0.1, 0.15) is 47.0 Å². The van der Waals surface area contributed by atoms with Gasteiger partial charge in [-0.15, -0.1) is 0 Å². The van der Waals surface area contributed by atoms with E-state index < -0.39 is 5.41 Å². The lowest BCUT2D eigenvalue weighted by Crippen LogP contribution is -2.48. The number of nitrogens with one attached hydrogen (secondary N) is 1. The van der Waals surface area contributed by atoms with Crippen molar-refractivity contribution < 1.29 is 9.59 Å². The molecule has 5 nitrogen and oxygen atoms in total. The lowest BCUT2D eigenvalue weighted by atomic mass is 9.89. The number of amides is 2. The largest absolute Gasteiger partial charge is 0.372 e. The number of carbonyl (C=O) groups excluding carboxylic acids is 2. The number of piperidine rings is 1. The number of benzene rings is 1. The van der Waals surface area contributed by atoms with Crippen molar-refractivity contribution in [3.05, 3.63) is 24.3 Å². The number of likely N-dealkylation sites (tertiary alicyclic amines) is 1. The summed E-state index contributed by atoms with van der Waals surface area (Å²) in [6.07, 6.45) is 3.21. The topological polar surface area (TPSA) is 52.7 Å².